The monoisotopic (exact) mass is 274 g/mol. The van der Waals surface area contributed by atoms with Gasteiger partial charge < -0.3 is 15.4 Å². The average molecular weight is 274 g/mol. The molecule has 110 valence electrons. The topological polar surface area (TPSA) is 38.5 Å². The minimum Gasteiger partial charge on any atom is -0.496 e. The Labute approximate surface area is 122 Å². The van der Waals surface area contributed by atoms with Gasteiger partial charge in [-0.25, -0.2) is 0 Å². The number of methoxy groups -OCH3 is 1. The Morgan fingerprint density at radius 1 is 1.30 bits per heavy atom. The van der Waals surface area contributed by atoms with E-state index in [1.54, 1.807) is 7.11 Å². The smallest absolute Gasteiger partial charge is 0.122 e. The first-order valence-electron chi connectivity index (χ1n) is 7.78. The number of piperidine rings is 1. The molecular formula is C17H26N2O. The van der Waals surface area contributed by atoms with Gasteiger partial charge in [-0.15, -0.1) is 0 Å². The van der Waals surface area contributed by atoms with E-state index in [1.165, 1.54) is 37.1 Å². The lowest BCUT2D eigenvalue weighted by molar-refractivity contribution is 0.153. The molecule has 1 aliphatic heterocycles. The molecule has 1 saturated heterocycles. The predicted molar refractivity (Wildman–Crippen MR) is 82.3 cm³/mol. The highest BCUT2D eigenvalue weighted by Crippen LogP contribution is 2.42. The lowest BCUT2D eigenvalue weighted by Crippen LogP contribution is -2.47. The fourth-order valence-corrected chi connectivity index (χ4v) is 3.58. The predicted octanol–water partition coefficient (Wildman–Crippen LogP) is 2.46. The fourth-order valence-electron chi connectivity index (χ4n) is 3.58. The third kappa shape index (κ3) is 2.45. The van der Waals surface area contributed by atoms with E-state index in [1.807, 2.05) is 0 Å². The van der Waals surface area contributed by atoms with Gasteiger partial charge >= 0.3 is 0 Å². The van der Waals surface area contributed by atoms with Crippen molar-refractivity contribution in [1.29, 1.82) is 0 Å². The first-order valence-corrected chi connectivity index (χ1v) is 7.78. The zero-order valence-electron chi connectivity index (χ0n) is 12.7. The van der Waals surface area contributed by atoms with Crippen molar-refractivity contribution in [2.75, 3.05) is 26.7 Å². The van der Waals surface area contributed by atoms with Gasteiger partial charge in [-0.1, -0.05) is 17.7 Å². The number of rotatable bonds is 4. The van der Waals surface area contributed by atoms with Crippen LogP contribution in [0.3, 0.4) is 0 Å². The normalized spacial score (nSPS) is 22.8. The molecule has 0 amide bonds. The van der Waals surface area contributed by atoms with Gasteiger partial charge in [-0.3, -0.25) is 0 Å². The third-order valence-electron chi connectivity index (χ3n) is 5.14. The third-order valence-corrected chi connectivity index (χ3v) is 5.14. The maximum atomic E-state index is 6.21. The summed E-state index contributed by atoms with van der Waals surface area (Å²) >= 11 is 0. The number of nitrogens with two attached hydrogens (primary N) is 1. The van der Waals surface area contributed by atoms with Crippen molar-refractivity contribution in [3.63, 3.8) is 0 Å². The van der Waals surface area contributed by atoms with Crippen molar-refractivity contribution >= 4 is 0 Å². The van der Waals surface area contributed by atoms with Crippen molar-refractivity contribution in [2.45, 2.75) is 44.1 Å². The summed E-state index contributed by atoms with van der Waals surface area (Å²) in [5, 5.41) is 0. The lowest BCUT2D eigenvalue weighted by atomic mass is 9.72. The van der Waals surface area contributed by atoms with Crippen LogP contribution in [-0.2, 0) is 5.41 Å². The second-order valence-electron chi connectivity index (χ2n) is 6.46. The van der Waals surface area contributed by atoms with Crippen LogP contribution in [0.4, 0.5) is 0 Å². The molecule has 0 bridgehead atoms. The van der Waals surface area contributed by atoms with Crippen LogP contribution in [0.5, 0.6) is 5.75 Å². The van der Waals surface area contributed by atoms with Gasteiger partial charge in [-0.2, -0.15) is 0 Å². The number of likely N-dealkylation sites (tertiary alicyclic amines) is 1. The summed E-state index contributed by atoms with van der Waals surface area (Å²) in [5.74, 6) is 1.00. The Morgan fingerprint density at radius 3 is 2.55 bits per heavy atom. The molecule has 2 N–H and O–H groups in total. The summed E-state index contributed by atoms with van der Waals surface area (Å²) < 4.78 is 5.60. The SMILES string of the molecule is COc1ccc(C)cc1C1(CN)CCN(C2CC2)CC1. The second-order valence-corrected chi connectivity index (χ2v) is 6.46. The molecule has 1 heterocycles. The van der Waals surface area contributed by atoms with E-state index in [0.29, 0.717) is 6.54 Å². The molecule has 1 aromatic carbocycles. The van der Waals surface area contributed by atoms with Crippen molar-refractivity contribution in [3.8, 4) is 5.75 Å². The highest BCUT2D eigenvalue weighted by molar-refractivity contribution is 5.43. The molecule has 1 saturated carbocycles. The number of ether oxygens (including phenoxy) is 1. The quantitative estimate of drug-likeness (QED) is 0.916. The molecule has 3 rings (SSSR count). The molecule has 2 aliphatic rings. The molecule has 3 nitrogen and oxygen atoms in total. The van der Waals surface area contributed by atoms with E-state index in [4.69, 9.17) is 10.5 Å². The van der Waals surface area contributed by atoms with E-state index in [-0.39, 0.29) is 5.41 Å². The maximum Gasteiger partial charge on any atom is 0.122 e. The molecule has 2 fully saturated rings. The minimum atomic E-state index is 0.1000. The van der Waals surface area contributed by atoms with E-state index in [9.17, 15) is 0 Å². The molecule has 3 heteroatoms. The van der Waals surface area contributed by atoms with Crippen molar-refractivity contribution in [2.24, 2.45) is 5.73 Å². The number of benzene rings is 1. The highest BCUT2D eigenvalue weighted by atomic mass is 16.5. The Balaban J connectivity index is 1.87. The van der Waals surface area contributed by atoms with E-state index >= 15 is 0 Å². The minimum absolute atomic E-state index is 0.1000. The van der Waals surface area contributed by atoms with Gasteiger partial charge in [0, 0.05) is 23.6 Å². The summed E-state index contributed by atoms with van der Waals surface area (Å²) in [6.07, 6.45) is 5.09. The Bertz CT molecular complexity index is 474. The standard InChI is InChI=1S/C17H26N2O/c1-13-3-6-16(20-2)15(11-13)17(12-18)7-9-19(10-8-17)14-4-5-14/h3,6,11,14H,4-5,7-10,12,18H2,1-2H3. The van der Waals surface area contributed by atoms with Crippen LogP contribution in [0.25, 0.3) is 0 Å². The fraction of sp³-hybridized carbons (Fsp3) is 0.647. The average Bonchev–Trinajstić information content (AvgIpc) is 3.32. The molecule has 0 radical (unpaired) electrons. The summed E-state index contributed by atoms with van der Waals surface area (Å²) in [6.45, 7) is 5.22. The zero-order chi connectivity index (χ0) is 14.2. The first-order chi connectivity index (χ1) is 9.68. The molecule has 0 unspecified atom stereocenters. The van der Waals surface area contributed by atoms with Crippen LogP contribution in [0, 0.1) is 6.92 Å². The van der Waals surface area contributed by atoms with Crippen LogP contribution in [-0.4, -0.2) is 37.7 Å². The van der Waals surface area contributed by atoms with Crippen molar-refractivity contribution in [3.05, 3.63) is 29.3 Å². The molecule has 20 heavy (non-hydrogen) atoms. The Morgan fingerprint density at radius 2 is 2.00 bits per heavy atom. The van der Waals surface area contributed by atoms with E-state index in [2.05, 4.69) is 30.0 Å². The largest absolute Gasteiger partial charge is 0.496 e. The number of hydrogen-bond donors (Lipinski definition) is 1. The zero-order valence-corrected chi connectivity index (χ0v) is 12.7. The Hall–Kier alpha value is -1.06. The number of nitrogens with zero attached hydrogens (tertiary/aromatic N) is 1. The molecule has 1 aromatic rings. The van der Waals surface area contributed by atoms with Gasteiger partial charge in [0.25, 0.3) is 0 Å². The van der Waals surface area contributed by atoms with Crippen LogP contribution < -0.4 is 10.5 Å². The number of hydrogen-bond acceptors (Lipinski definition) is 3. The van der Waals surface area contributed by atoms with Gasteiger partial charge in [0.15, 0.2) is 0 Å². The summed E-state index contributed by atoms with van der Waals surface area (Å²) in [5.41, 5.74) is 8.91. The van der Waals surface area contributed by atoms with Crippen LogP contribution in [0.15, 0.2) is 18.2 Å². The molecule has 0 spiro atoms. The number of aryl methyl sites for hydroxylation is 1. The van der Waals surface area contributed by atoms with E-state index in [0.717, 1.165) is 24.6 Å². The summed E-state index contributed by atoms with van der Waals surface area (Å²) in [4.78, 5) is 2.65. The van der Waals surface area contributed by atoms with E-state index < -0.39 is 0 Å². The first kappa shape index (κ1) is 13.9. The molecule has 1 aliphatic carbocycles. The van der Waals surface area contributed by atoms with Crippen molar-refractivity contribution in [1.82, 2.24) is 4.90 Å². The lowest BCUT2D eigenvalue weighted by Gasteiger charge is -2.42. The van der Waals surface area contributed by atoms with Gasteiger partial charge in [0.05, 0.1) is 7.11 Å². The molecule has 0 atom stereocenters. The summed E-state index contributed by atoms with van der Waals surface area (Å²) in [7, 11) is 1.76. The Kier molecular flexibility index (Phi) is 3.74. The van der Waals surface area contributed by atoms with Crippen LogP contribution >= 0.6 is 0 Å². The van der Waals surface area contributed by atoms with Crippen LogP contribution in [0.2, 0.25) is 0 Å². The molecule has 0 aromatic heterocycles. The van der Waals surface area contributed by atoms with Gasteiger partial charge in [0.1, 0.15) is 5.75 Å². The van der Waals surface area contributed by atoms with Gasteiger partial charge in [0.2, 0.25) is 0 Å². The second kappa shape index (κ2) is 5.38. The summed E-state index contributed by atoms with van der Waals surface area (Å²) in [6, 6.07) is 7.35. The molecular weight excluding hydrogens is 248 g/mol. The highest BCUT2D eigenvalue weighted by Gasteiger charge is 2.40. The maximum absolute atomic E-state index is 6.21. The van der Waals surface area contributed by atoms with Crippen LogP contribution in [0.1, 0.15) is 36.8 Å². The van der Waals surface area contributed by atoms with Gasteiger partial charge in [-0.05, 0) is 51.8 Å². The van der Waals surface area contributed by atoms with Crippen molar-refractivity contribution < 1.29 is 4.74 Å².